The molecule has 0 aromatic heterocycles. The van der Waals surface area contributed by atoms with Crippen LogP contribution in [0.5, 0.6) is 0 Å². The van der Waals surface area contributed by atoms with Gasteiger partial charge < -0.3 is 10.2 Å². The normalized spacial score (nSPS) is 19.1. The first kappa shape index (κ1) is 15.3. The van der Waals surface area contributed by atoms with Crippen LogP contribution in [-0.4, -0.2) is 20.1 Å². The van der Waals surface area contributed by atoms with Crippen LogP contribution in [0.15, 0.2) is 18.2 Å². The molecule has 0 heterocycles. The third-order valence-corrected chi connectivity index (χ3v) is 4.65. The Morgan fingerprint density at radius 3 is 2.55 bits per heavy atom. The van der Waals surface area contributed by atoms with E-state index in [2.05, 4.69) is 31.1 Å². The molecule has 0 unspecified atom stereocenters. The molecule has 2 nitrogen and oxygen atoms in total. The lowest BCUT2D eigenvalue weighted by molar-refractivity contribution is 0.222. The van der Waals surface area contributed by atoms with Crippen LogP contribution in [0, 0.1) is 11.2 Å². The lowest BCUT2D eigenvalue weighted by atomic mass is 9.75. The van der Waals surface area contributed by atoms with Gasteiger partial charge in [0.2, 0.25) is 0 Å². The van der Waals surface area contributed by atoms with Gasteiger partial charge in [0.1, 0.15) is 5.82 Å². The Kier molecular flexibility index (Phi) is 4.69. The maximum Gasteiger partial charge on any atom is 0.123 e. The number of anilines is 1. The number of nitrogens with one attached hydrogen (secondary N) is 1. The second-order valence-electron chi connectivity index (χ2n) is 6.81. The lowest BCUT2D eigenvalue weighted by Crippen LogP contribution is -2.37. The molecule has 0 radical (unpaired) electrons. The van der Waals surface area contributed by atoms with Crippen LogP contribution in [0.25, 0.3) is 0 Å². The maximum absolute atomic E-state index is 13.4. The van der Waals surface area contributed by atoms with E-state index >= 15 is 0 Å². The van der Waals surface area contributed by atoms with Crippen LogP contribution in [0.3, 0.4) is 0 Å². The Bertz CT molecular complexity index is 446. The number of halogens is 1. The van der Waals surface area contributed by atoms with E-state index in [0.717, 1.165) is 11.3 Å². The molecule has 1 N–H and O–H groups in total. The van der Waals surface area contributed by atoms with Gasteiger partial charge >= 0.3 is 0 Å². The summed E-state index contributed by atoms with van der Waals surface area (Å²) in [5.41, 5.74) is 2.68. The van der Waals surface area contributed by atoms with E-state index in [1.807, 2.05) is 13.1 Å². The van der Waals surface area contributed by atoms with E-state index in [1.54, 1.807) is 12.1 Å². The lowest BCUT2D eigenvalue weighted by Gasteiger charge is -2.40. The van der Waals surface area contributed by atoms with Crippen molar-refractivity contribution in [2.45, 2.75) is 52.1 Å². The van der Waals surface area contributed by atoms with Crippen molar-refractivity contribution in [2.24, 2.45) is 5.41 Å². The molecule has 0 amide bonds. The number of hydrogen-bond acceptors (Lipinski definition) is 2. The Morgan fingerprint density at radius 2 is 1.95 bits per heavy atom. The van der Waals surface area contributed by atoms with Crippen LogP contribution in [-0.2, 0) is 6.54 Å². The van der Waals surface area contributed by atoms with Gasteiger partial charge in [0.05, 0.1) is 0 Å². The highest BCUT2D eigenvalue weighted by Crippen LogP contribution is 2.38. The highest BCUT2D eigenvalue weighted by Gasteiger charge is 2.29. The summed E-state index contributed by atoms with van der Waals surface area (Å²) < 4.78 is 13.4. The number of hydrogen-bond donors (Lipinski definition) is 1. The van der Waals surface area contributed by atoms with Crippen LogP contribution in [0.2, 0.25) is 0 Å². The van der Waals surface area contributed by atoms with E-state index < -0.39 is 0 Å². The van der Waals surface area contributed by atoms with Gasteiger partial charge in [0.25, 0.3) is 0 Å². The number of benzene rings is 1. The zero-order chi connectivity index (χ0) is 14.8. The maximum atomic E-state index is 13.4. The van der Waals surface area contributed by atoms with Crippen LogP contribution in [0.4, 0.5) is 10.1 Å². The minimum atomic E-state index is -0.155. The summed E-state index contributed by atoms with van der Waals surface area (Å²) in [5.74, 6) is -0.155. The van der Waals surface area contributed by atoms with Gasteiger partial charge in [-0.15, -0.1) is 0 Å². The molecule has 1 aromatic rings. The van der Waals surface area contributed by atoms with Crippen molar-refractivity contribution >= 4 is 5.69 Å². The first-order chi connectivity index (χ1) is 9.43. The van der Waals surface area contributed by atoms with Gasteiger partial charge in [-0.25, -0.2) is 4.39 Å². The van der Waals surface area contributed by atoms with Crippen LogP contribution < -0.4 is 10.2 Å². The largest absolute Gasteiger partial charge is 0.371 e. The first-order valence-electron chi connectivity index (χ1n) is 7.59. The van der Waals surface area contributed by atoms with Crippen molar-refractivity contribution in [3.8, 4) is 0 Å². The second kappa shape index (κ2) is 6.13. The number of rotatable bonds is 4. The third kappa shape index (κ3) is 3.51. The molecule has 112 valence electrons. The van der Waals surface area contributed by atoms with Crippen molar-refractivity contribution in [1.82, 2.24) is 5.32 Å². The molecule has 0 bridgehead atoms. The Labute approximate surface area is 122 Å². The number of nitrogens with zero attached hydrogens (tertiary/aromatic N) is 1. The Balaban J connectivity index is 2.14. The van der Waals surface area contributed by atoms with Crippen molar-refractivity contribution < 1.29 is 4.39 Å². The minimum Gasteiger partial charge on any atom is -0.371 e. The molecule has 2 rings (SSSR count). The van der Waals surface area contributed by atoms with Crippen molar-refractivity contribution in [1.29, 1.82) is 0 Å². The van der Waals surface area contributed by atoms with E-state index in [1.165, 1.54) is 25.7 Å². The standard InChI is InChI=1S/C17H27FN2/c1-17(2)9-7-15(8-10-17)20(4)16-6-5-14(18)11-13(16)12-19-3/h5-6,11,15,19H,7-10,12H2,1-4H3. The average Bonchev–Trinajstić information content (AvgIpc) is 2.38. The smallest absolute Gasteiger partial charge is 0.123 e. The van der Waals surface area contributed by atoms with Crippen molar-refractivity contribution in [3.05, 3.63) is 29.6 Å². The van der Waals surface area contributed by atoms with E-state index in [4.69, 9.17) is 0 Å². The Morgan fingerprint density at radius 1 is 1.30 bits per heavy atom. The van der Waals surface area contributed by atoms with Gasteiger partial charge in [-0.3, -0.25) is 0 Å². The molecular weight excluding hydrogens is 251 g/mol. The fourth-order valence-corrected chi connectivity index (χ4v) is 3.20. The monoisotopic (exact) mass is 278 g/mol. The molecule has 1 fully saturated rings. The van der Waals surface area contributed by atoms with Gasteiger partial charge in [0, 0.05) is 25.3 Å². The van der Waals surface area contributed by atoms with Crippen molar-refractivity contribution in [2.75, 3.05) is 19.0 Å². The molecule has 1 aliphatic rings. The Hall–Kier alpha value is -1.09. The fraction of sp³-hybridized carbons (Fsp3) is 0.647. The summed E-state index contributed by atoms with van der Waals surface area (Å²) in [6, 6.07) is 5.71. The fourth-order valence-electron chi connectivity index (χ4n) is 3.20. The van der Waals surface area contributed by atoms with E-state index in [-0.39, 0.29) is 5.82 Å². The van der Waals surface area contributed by atoms with E-state index in [9.17, 15) is 4.39 Å². The molecule has 0 atom stereocenters. The summed E-state index contributed by atoms with van der Waals surface area (Å²) in [6.45, 7) is 5.41. The zero-order valence-electron chi connectivity index (χ0n) is 13.2. The van der Waals surface area contributed by atoms with Gasteiger partial charge in [-0.1, -0.05) is 13.8 Å². The highest BCUT2D eigenvalue weighted by atomic mass is 19.1. The van der Waals surface area contributed by atoms with Gasteiger partial charge in [-0.2, -0.15) is 0 Å². The molecule has 0 saturated heterocycles. The average molecular weight is 278 g/mol. The summed E-state index contributed by atoms with van der Waals surface area (Å²) in [5, 5.41) is 3.13. The van der Waals surface area contributed by atoms with Crippen LogP contribution in [0.1, 0.15) is 45.1 Å². The van der Waals surface area contributed by atoms with Gasteiger partial charge in [-0.05, 0) is 61.9 Å². The first-order valence-corrected chi connectivity index (χ1v) is 7.59. The summed E-state index contributed by atoms with van der Waals surface area (Å²) in [7, 11) is 4.05. The third-order valence-electron chi connectivity index (χ3n) is 4.65. The summed E-state index contributed by atoms with van der Waals surface area (Å²) in [4.78, 5) is 2.35. The summed E-state index contributed by atoms with van der Waals surface area (Å²) >= 11 is 0. The SMILES string of the molecule is CNCc1cc(F)ccc1N(C)C1CCC(C)(C)CC1. The molecule has 1 aliphatic carbocycles. The molecule has 1 saturated carbocycles. The van der Waals surface area contributed by atoms with E-state index in [0.29, 0.717) is 18.0 Å². The molecular formula is C17H27FN2. The molecule has 1 aromatic carbocycles. The zero-order valence-corrected chi connectivity index (χ0v) is 13.2. The summed E-state index contributed by atoms with van der Waals surface area (Å²) in [6.07, 6.45) is 4.98. The van der Waals surface area contributed by atoms with Gasteiger partial charge in [0.15, 0.2) is 0 Å². The minimum absolute atomic E-state index is 0.155. The predicted molar refractivity (Wildman–Crippen MR) is 83.6 cm³/mol. The molecule has 0 aliphatic heterocycles. The molecule has 3 heteroatoms. The molecule has 20 heavy (non-hydrogen) atoms. The quantitative estimate of drug-likeness (QED) is 0.897. The van der Waals surface area contributed by atoms with Crippen LogP contribution >= 0.6 is 0 Å². The van der Waals surface area contributed by atoms with Crippen molar-refractivity contribution in [3.63, 3.8) is 0 Å². The molecule has 0 spiro atoms. The predicted octanol–water partition coefficient (Wildman–Crippen LogP) is 3.95. The topological polar surface area (TPSA) is 15.3 Å². The highest BCUT2D eigenvalue weighted by molar-refractivity contribution is 5.54. The second-order valence-corrected chi connectivity index (χ2v) is 6.81.